The van der Waals surface area contributed by atoms with Gasteiger partial charge in [0.05, 0.1) is 0 Å². The SMILES string of the molecule is Cc1ccccc1CN(C(=O)COc1ccc(Br)cc1)[C@@H](C)C(=O)NC1CCCC1. The van der Waals surface area contributed by atoms with Crippen LogP contribution in [0, 0.1) is 6.92 Å². The van der Waals surface area contributed by atoms with E-state index in [-0.39, 0.29) is 24.5 Å². The van der Waals surface area contributed by atoms with Gasteiger partial charge < -0.3 is 15.0 Å². The highest BCUT2D eigenvalue weighted by Crippen LogP contribution is 2.20. The molecule has 0 unspecified atom stereocenters. The number of hydrogen-bond donors (Lipinski definition) is 1. The lowest BCUT2D eigenvalue weighted by molar-refractivity contribution is -0.142. The molecule has 0 bridgehead atoms. The fourth-order valence-corrected chi connectivity index (χ4v) is 3.97. The minimum atomic E-state index is -0.578. The normalized spacial score (nSPS) is 14.9. The molecule has 1 aliphatic carbocycles. The second kappa shape index (κ2) is 10.6. The first kappa shape index (κ1) is 22.3. The summed E-state index contributed by atoms with van der Waals surface area (Å²) in [4.78, 5) is 27.6. The predicted molar refractivity (Wildman–Crippen MR) is 121 cm³/mol. The van der Waals surface area contributed by atoms with E-state index in [4.69, 9.17) is 4.74 Å². The molecule has 6 heteroatoms. The van der Waals surface area contributed by atoms with Crippen molar-refractivity contribution in [2.45, 2.75) is 58.2 Å². The van der Waals surface area contributed by atoms with Gasteiger partial charge in [0.2, 0.25) is 5.91 Å². The second-order valence-electron chi connectivity index (χ2n) is 7.86. The molecule has 2 aromatic rings. The van der Waals surface area contributed by atoms with E-state index in [0.717, 1.165) is 41.3 Å². The molecular formula is C24H29BrN2O3. The Hall–Kier alpha value is -2.34. The number of ether oxygens (including phenoxy) is 1. The lowest BCUT2D eigenvalue weighted by Gasteiger charge is -2.30. The Kier molecular flexibility index (Phi) is 7.91. The molecule has 1 N–H and O–H groups in total. The Morgan fingerprint density at radius 2 is 1.80 bits per heavy atom. The monoisotopic (exact) mass is 472 g/mol. The fraction of sp³-hybridized carbons (Fsp3) is 0.417. The average Bonchev–Trinajstić information content (AvgIpc) is 3.25. The maximum absolute atomic E-state index is 13.1. The van der Waals surface area contributed by atoms with Crippen LogP contribution < -0.4 is 10.1 Å². The highest BCUT2D eigenvalue weighted by atomic mass is 79.9. The maximum Gasteiger partial charge on any atom is 0.261 e. The molecule has 0 aliphatic heterocycles. The number of rotatable bonds is 8. The van der Waals surface area contributed by atoms with Gasteiger partial charge in [0.1, 0.15) is 11.8 Å². The molecule has 2 amide bonds. The van der Waals surface area contributed by atoms with E-state index in [2.05, 4.69) is 21.2 Å². The molecule has 30 heavy (non-hydrogen) atoms. The van der Waals surface area contributed by atoms with Crippen molar-refractivity contribution in [3.05, 3.63) is 64.1 Å². The van der Waals surface area contributed by atoms with Crippen molar-refractivity contribution in [1.82, 2.24) is 10.2 Å². The van der Waals surface area contributed by atoms with Crippen molar-refractivity contribution in [3.63, 3.8) is 0 Å². The van der Waals surface area contributed by atoms with Crippen molar-refractivity contribution in [1.29, 1.82) is 0 Å². The number of aryl methyl sites for hydroxylation is 1. The van der Waals surface area contributed by atoms with E-state index < -0.39 is 6.04 Å². The summed E-state index contributed by atoms with van der Waals surface area (Å²) >= 11 is 3.39. The first-order valence-corrected chi connectivity index (χ1v) is 11.3. The summed E-state index contributed by atoms with van der Waals surface area (Å²) in [5, 5.41) is 3.12. The van der Waals surface area contributed by atoms with Crippen molar-refractivity contribution in [3.8, 4) is 5.75 Å². The van der Waals surface area contributed by atoms with Crippen LogP contribution in [0.15, 0.2) is 53.0 Å². The molecule has 0 spiro atoms. The number of nitrogens with zero attached hydrogens (tertiary/aromatic N) is 1. The number of amides is 2. The number of carbonyl (C=O) groups excluding carboxylic acids is 2. The zero-order valence-corrected chi connectivity index (χ0v) is 19.2. The van der Waals surface area contributed by atoms with Crippen LogP contribution in [0.1, 0.15) is 43.7 Å². The number of nitrogens with one attached hydrogen (secondary N) is 1. The summed E-state index contributed by atoms with van der Waals surface area (Å²) in [6.45, 7) is 4.06. The standard InChI is InChI=1S/C24H29BrN2O3/c1-17-7-3-4-8-19(17)15-27(18(2)24(29)26-21-9-5-6-10-21)23(28)16-30-22-13-11-20(25)12-14-22/h3-4,7-8,11-14,18,21H,5-6,9-10,15-16H2,1-2H3,(H,26,29)/t18-/m0/s1. The number of halogens is 1. The third-order valence-electron chi connectivity index (χ3n) is 5.65. The second-order valence-corrected chi connectivity index (χ2v) is 8.77. The predicted octanol–water partition coefficient (Wildman–Crippen LogP) is 4.61. The third-order valence-corrected chi connectivity index (χ3v) is 6.18. The van der Waals surface area contributed by atoms with Gasteiger partial charge in [-0.3, -0.25) is 9.59 Å². The zero-order chi connectivity index (χ0) is 21.5. The molecule has 1 fully saturated rings. The van der Waals surface area contributed by atoms with Crippen LogP contribution >= 0.6 is 15.9 Å². The summed E-state index contributed by atoms with van der Waals surface area (Å²) in [7, 11) is 0. The Balaban J connectivity index is 1.71. The summed E-state index contributed by atoms with van der Waals surface area (Å²) in [5.74, 6) is 0.299. The van der Waals surface area contributed by atoms with Crippen LogP contribution in [-0.4, -0.2) is 35.4 Å². The van der Waals surface area contributed by atoms with Crippen molar-refractivity contribution >= 4 is 27.7 Å². The topological polar surface area (TPSA) is 58.6 Å². The molecule has 0 aromatic heterocycles. The van der Waals surface area contributed by atoms with E-state index in [1.807, 2.05) is 43.3 Å². The lowest BCUT2D eigenvalue weighted by atomic mass is 10.1. The zero-order valence-electron chi connectivity index (χ0n) is 17.6. The molecule has 0 heterocycles. The van der Waals surface area contributed by atoms with E-state index in [1.165, 1.54) is 0 Å². The van der Waals surface area contributed by atoms with Crippen molar-refractivity contribution in [2.75, 3.05) is 6.61 Å². The number of hydrogen-bond acceptors (Lipinski definition) is 3. The summed E-state index contributed by atoms with van der Waals surface area (Å²) in [6, 6.07) is 14.9. The molecule has 0 radical (unpaired) electrons. The quantitative estimate of drug-likeness (QED) is 0.609. The minimum absolute atomic E-state index is 0.104. The van der Waals surface area contributed by atoms with E-state index in [9.17, 15) is 9.59 Å². The van der Waals surface area contributed by atoms with Crippen LogP contribution in [0.3, 0.4) is 0 Å². The van der Waals surface area contributed by atoms with Gasteiger partial charge in [-0.15, -0.1) is 0 Å². The molecular weight excluding hydrogens is 444 g/mol. The molecule has 1 atom stereocenters. The molecule has 3 rings (SSSR count). The highest BCUT2D eigenvalue weighted by molar-refractivity contribution is 9.10. The Morgan fingerprint density at radius 1 is 1.13 bits per heavy atom. The van der Waals surface area contributed by atoms with Crippen LogP contribution in [0.5, 0.6) is 5.75 Å². The average molecular weight is 473 g/mol. The summed E-state index contributed by atoms with van der Waals surface area (Å²) in [5.41, 5.74) is 2.11. The van der Waals surface area contributed by atoms with Gasteiger partial charge >= 0.3 is 0 Å². The smallest absolute Gasteiger partial charge is 0.261 e. The van der Waals surface area contributed by atoms with E-state index >= 15 is 0 Å². The van der Waals surface area contributed by atoms with Crippen molar-refractivity contribution in [2.24, 2.45) is 0 Å². The van der Waals surface area contributed by atoms with Crippen LogP contribution in [0.4, 0.5) is 0 Å². The maximum atomic E-state index is 13.1. The minimum Gasteiger partial charge on any atom is -0.484 e. The first-order chi connectivity index (χ1) is 14.4. The summed E-state index contributed by atoms with van der Waals surface area (Å²) < 4.78 is 6.64. The van der Waals surface area contributed by atoms with E-state index in [1.54, 1.807) is 24.0 Å². The van der Waals surface area contributed by atoms with Gasteiger partial charge in [0.15, 0.2) is 6.61 Å². The van der Waals surface area contributed by atoms with Gasteiger partial charge in [-0.2, -0.15) is 0 Å². The number of carbonyl (C=O) groups is 2. The highest BCUT2D eigenvalue weighted by Gasteiger charge is 2.29. The van der Waals surface area contributed by atoms with Gasteiger partial charge in [0.25, 0.3) is 5.91 Å². The Morgan fingerprint density at radius 3 is 2.47 bits per heavy atom. The summed E-state index contributed by atoms with van der Waals surface area (Å²) in [6.07, 6.45) is 4.31. The molecule has 2 aromatic carbocycles. The fourth-order valence-electron chi connectivity index (χ4n) is 3.70. The van der Waals surface area contributed by atoms with Crippen molar-refractivity contribution < 1.29 is 14.3 Å². The molecule has 1 aliphatic rings. The third kappa shape index (κ3) is 6.08. The van der Waals surface area contributed by atoms with Gasteiger partial charge in [-0.1, -0.05) is 53.0 Å². The largest absolute Gasteiger partial charge is 0.484 e. The van der Waals surface area contributed by atoms with Crippen LogP contribution in [-0.2, 0) is 16.1 Å². The first-order valence-electron chi connectivity index (χ1n) is 10.5. The van der Waals surface area contributed by atoms with Gasteiger partial charge in [0, 0.05) is 17.1 Å². The number of benzene rings is 2. The molecule has 5 nitrogen and oxygen atoms in total. The molecule has 0 saturated heterocycles. The van der Waals surface area contributed by atoms with E-state index in [0.29, 0.717) is 12.3 Å². The Bertz CT molecular complexity index is 863. The lowest BCUT2D eigenvalue weighted by Crippen LogP contribution is -2.50. The van der Waals surface area contributed by atoms with Gasteiger partial charge in [-0.05, 0) is 62.1 Å². The molecule has 1 saturated carbocycles. The van der Waals surface area contributed by atoms with Crippen LogP contribution in [0.2, 0.25) is 0 Å². The van der Waals surface area contributed by atoms with Crippen LogP contribution in [0.25, 0.3) is 0 Å². The Labute approximate surface area is 186 Å². The molecule has 160 valence electrons. The van der Waals surface area contributed by atoms with Gasteiger partial charge in [-0.25, -0.2) is 0 Å².